The first-order chi connectivity index (χ1) is 11.1. The van der Waals surface area contributed by atoms with Crippen molar-refractivity contribution in [1.82, 2.24) is 10.2 Å². The molecule has 0 saturated carbocycles. The van der Waals surface area contributed by atoms with Crippen LogP contribution in [0, 0.1) is 0 Å². The number of aryl methyl sites for hydroxylation is 1. The molecule has 124 valence electrons. The number of rotatable bonds is 5. The highest BCUT2D eigenvalue weighted by Crippen LogP contribution is 2.29. The summed E-state index contributed by atoms with van der Waals surface area (Å²) in [5, 5.41) is 12.3. The Hall–Kier alpha value is -1.88. The number of likely N-dealkylation sites (tertiary alicyclic amines) is 1. The van der Waals surface area contributed by atoms with Crippen molar-refractivity contribution < 1.29 is 14.7 Å². The van der Waals surface area contributed by atoms with Gasteiger partial charge in [-0.3, -0.25) is 14.5 Å². The van der Waals surface area contributed by atoms with Crippen LogP contribution in [0.3, 0.4) is 0 Å². The van der Waals surface area contributed by atoms with Gasteiger partial charge in [-0.1, -0.05) is 24.3 Å². The summed E-state index contributed by atoms with van der Waals surface area (Å²) >= 11 is 0. The lowest BCUT2D eigenvalue weighted by atomic mass is 9.87. The van der Waals surface area contributed by atoms with Crippen LogP contribution >= 0.6 is 0 Å². The second-order valence-corrected chi connectivity index (χ2v) is 6.49. The number of benzene rings is 1. The molecule has 2 aliphatic rings. The molecular formula is C18H24N2O3. The largest absolute Gasteiger partial charge is 0.480 e. The first-order valence-electron chi connectivity index (χ1n) is 8.49. The maximum absolute atomic E-state index is 12.3. The number of carboxylic acid groups (broad SMARTS) is 1. The number of nitrogens with one attached hydrogen (secondary N) is 1. The van der Waals surface area contributed by atoms with Gasteiger partial charge in [0.05, 0.1) is 6.04 Å². The predicted octanol–water partition coefficient (Wildman–Crippen LogP) is 2.12. The molecule has 1 aliphatic carbocycles. The van der Waals surface area contributed by atoms with Crippen LogP contribution in [0.1, 0.15) is 49.3 Å². The Kier molecular flexibility index (Phi) is 4.96. The van der Waals surface area contributed by atoms with Gasteiger partial charge in [0.2, 0.25) is 5.91 Å². The topological polar surface area (TPSA) is 69.6 Å². The van der Waals surface area contributed by atoms with E-state index in [1.807, 2.05) is 17.0 Å². The van der Waals surface area contributed by atoms with E-state index in [1.54, 1.807) is 0 Å². The molecule has 1 heterocycles. The number of carbonyl (C=O) groups excluding carboxylic acids is 1. The van der Waals surface area contributed by atoms with E-state index in [0.29, 0.717) is 19.4 Å². The summed E-state index contributed by atoms with van der Waals surface area (Å²) in [6.07, 6.45) is 5.10. The highest BCUT2D eigenvalue weighted by atomic mass is 16.4. The molecule has 1 aromatic rings. The van der Waals surface area contributed by atoms with Gasteiger partial charge in [0.25, 0.3) is 0 Å². The monoisotopic (exact) mass is 316 g/mol. The van der Waals surface area contributed by atoms with Crippen LogP contribution < -0.4 is 5.32 Å². The molecule has 0 radical (unpaired) electrons. The first-order valence-corrected chi connectivity index (χ1v) is 8.49. The predicted molar refractivity (Wildman–Crippen MR) is 87.1 cm³/mol. The Morgan fingerprint density at radius 2 is 2.04 bits per heavy atom. The number of carboxylic acids is 1. The number of fused-ring (bicyclic) bond motifs is 1. The molecule has 23 heavy (non-hydrogen) atoms. The highest BCUT2D eigenvalue weighted by Gasteiger charge is 2.30. The average Bonchev–Trinajstić information content (AvgIpc) is 3.02. The van der Waals surface area contributed by atoms with Crippen LogP contribution in [0.25, 0.3) is 0 Å². The van der Waals surface area contributed by atoms with Gasteiger partial charge in [0.15, 0.2) is 0 Å². The van der Waals surface area contributed by atoms with Crippen molar-refractivity contribution in [3.8, 4) is 0 Å². The van der Waals surface area contributed by atoms with E-state index in [-0.39, 0.29) is 11.9 Å². The fraction of sp³-hybridized carbons (Fsp3) is 0.556. The number of amides is 1. The first kappa shape index (κ1) is 16.0. The Morgan fingerprint density at radius 3 is 2.87 bits per heavy atom. The van der Waals surface area contributed by atoms with Crippen LogP contribution in [0.2, 0.25) is 0 Å². The minimum atomic E-state index is -0.774. The van der Waals surface area contributed by atoms with E-state index in [4.69, 9.17) is 0 Å². The molecule has 1 fully saturated rings. The molecule has 1 aromatic carbocycles. The Morgan fingerprint density at radius 1 is 1.22 bits per heavy atom. The zero-order valence-corrected chi connectivity index (χ0v) is 13.3. The number of hydrogen-bond acceptors (Lipinski definition) is 3. The minimum absolute atomic E-state index is 0.0164. The fourth-order valence-corrected chi connectivity index (χ4v) is 3.79. The van der Waals surface area contributed by atoms with E-state index in [9.17, 15) is 14.7 Å². The summed E-state index contributed by atoms with van der Waals surface area (Å²) in [5.74, 6) is -0.758. The molecule has 0 bridgehead atoms. The van der Waals surface area contributed by atoms with Gasteiger partial charge in [-0.25, -0.2) is 0 Å². The van der Waals surface area contributed by atoms with Gasteiger partial charge < -0.3 is 10.4 Å². The summed E-state index contributed by atoms with van der Waals surface area (Å²) in [4.78, 5) is 25.4. The van der Waals surface area contributed by atoms with Gasteiger partial charge in [-0.2, -0.15) is 0 Å². The van der Waals surface area contributed by atoms with Gasteiger partial charge in [-0.15, -0.1) is 0 Å². The lowest BCUT2D eigenvalue weighted by molar-refractivity contribution is -0.142. The van der Waals surface area contributed by atoms with E-state index < -0.39 is 12.0 Å². The molecule has 0 unspecified atom stereocenters. The Bertz CT molecular complexity index is 587. The average molecular weight is 316 g/mol. The Labute approximate surface area is 136 Å². The zero-order chi connectivity index (χ0) is 16.2. The molecule has 2 atom stereocenters. The van der Waals surface area contributed by atoms with Crippen LogP contribution in [-0.2, 0) is 16.0 Å². The third kappa shape index (κ3) is 3.72. The zero-order valence-electron chi connectivity index (χ0n) is 13.3. The molecule has 5 heteroatoms. The maximum atomic E-state index is 12.3. The second kappa shape index (κ2) is 7.13. The number of carbonyl (C=O) groups is 2. The van der Waals surface area contributed by atoms with Gasteiger partial charge in [0.1, 0.15) is 6.04 Å². The molecule has 5 nitrogen and oxygen atoms in total. The fourth-order valence-electron chi connectivity index (χ4n) is 3.79. The minimum Gasteiger partial charge on any atom is -0.480 e. The van der Waals surface area contributed by atoms with Crippen molar-refractivity contribution in [3.05, 3.63) is 35.4 Å². The maximum Gasteiger partial charge on any atom is 0.320 e. The Balaban J connectivity index is 1.53. The summed E-state index contributed by atoms with van der Waals surface area (Å²) in [5.41, 5.74) is 2.56. The molecular weight excluding hydrogens is 292 g/mol. The number of aliphatic carboxylic acids is 1. The van der Waals surface area contributed by atoms with Crippen molar-refractivity contribution in [3.63, 3.8) is 0 Å². The van der Waals surface area contributed by atoms with Crippen molar-refractivity contribution >= 4 is 11.9 Å². The summed E-state index contributed by atoms with van der Waals surface area (Å²) in [6, 6.07) is 7.97. The molecule has 3 rings (SSSR count). The third-order valence-electron chi connectivity index (χ3n) is 4.98. The van der Waals surface area contributed by atoms with Gasteiger partial charge in [-0.05, 0) is 49.8 Å². The van der Waals surface area contributed by atoms with E-state index in [1.165, 1.54) is 11.1 Å². The highest BCUT2D eigenvalue weighted by molar-refractivity contribution is 5.77. The van der Waals surface area contributed by atoms with Crippen LogP contribution in [0.5, 0.6) is 0 Å². The van der Waals surface area contributed by atoms with Crippen molar-refractivity contribution in [2.45, 2.75) is 50.6 Å². The normalized spacial score (nSPS) is 24.2. The lowest BCUT2D eigenvalue weighted by Crippen LogP contribution is -2.39. The molecule has 0 aromatic heterocycles. The summed E-state index contributed by atoms with van der Waals surface area (Å²) < 4.78 is 0. The molecule has 0 spiro atoms. The van der Waals surface area contributed by atoms with Crippen LogP contribution in [-0.4, -0.2) is 41.0 Å². The van der Waals surface area contributed by atoms with Crippen molar-refractivity contribution in [2.75, 3.05) is 13.1 Å². The smallest absolute Gasteiger partial charge is 0.320 e. The molecule has 1 aliphatic heterocycles. The van der Waals surface area contributed by atoms with Crippen molar-refractivity contribution in [1.29, 1.82) is 0 Å². The molecule has 1 saturated heterocycles. The van der Waals surface area contributed by atoms with Gasteiger partial charge >= 0.3 is 5.97 Å². The van der Waals surface area contributed by atoms with E-state index in [0.717, 1.165) is 32.2 Å². The van der Waals surface area contributed by atoms with Crippen LogP contribution in [0.15, 0.2) is 24.3 Å². The van der Waals surface area contributed by atoms with Gasteiger partial charge in [0, 0.05) is 13.0 Å². The third-order valence-corrected chi connectivity index (χ3v) is 4.98. The summed E-state index contributed by atoms with van der Waals surface area (Å²) in [7, 11) is 0. The van der Waals surface area contributed by atoms with E-state index >= 15 is 0 Å². The number of hydrogen-bond donors (Lipinski definition) is 2. The summed E-state index contributed by atoms with van der Waals surface area (Å²) in [6.45, 7) is 1.30. The molecule has 2 N–H and O–H groups in total. The second-order valence-electron chi connectivity index (χ2n) is 6.49. The quantitative estimate of drug-likeness (QED) is 0.873. The lowest BCUT2D eigenvalue weighted by Gasteiger charge is -2.27. The standard InChI is InChI=1S/C18H24N2O3/c21-17(10-12-20-11-4-9-16(20)18(22)23)19-15-8-3-6-13-5-1-2-7-14(13)15/h1-2,5,7,15-16H,3-4,6,8-12H2,(H,19,21)(H,22,23)/t15-,16+/m0/s1. The van der Waals surface area contributed by atoms with Crippen molar-refractivity contribution in [2.24, 2.45) is 0 Å². The number of nitrogens with zero attached hydrogens (tertiary/aromatic N) is 1. The van der Waals surface area contributed by atoms with E-state index in [2.05, 4.69) is 17.4 Å². The SMILES string of the molecule is O=C(CCN1CCC[C@@H]1C(=O)O)N[C@H]1CCCc2ccccc21. The van der Waals surface area contributed by atoms with Crippen LogP contribution in [0.4, 0.5) is 0 Å². The molecule has 1 amide bonds.